The third kappa shape index (κ3) is 6.47. The number of rotatable bonds is 10. The fourth-order valence-electron chi connectivity index (χ4n) is 3.33. The number of sulfonamides is 1. The van der Waals surface area contributed by atoms with Crippen LogP contribution in [-0.2, 0) is 21.4 Å². The number of nitrogens with one attached hydrogen (secondary N) is 2. The molecule has 3 aromatic carbocycles. The first kappa shape index (κ1) is 25.5. The van der Waals surface area contributed by atoms with Gasteiger partial charge in [-0.1, -0.05) is 35.9 Å². The Labute approximate surface area is 202 Å². The highest BCUT2D eigenvalue weighted by molar-refractivity contribution is 7.89. The minimum Gasteiger partial charge on any atom is -0.493 e. The molecule has 1 amide bonds. The SMILES string of the molecule is COc1cccc(C(CC(=O)NCc2ccc(Cl)cc2)NS(=O)(=O)c2ccc(F)cc2)c1OC. The summed E-state index contributed by atoms with van der Waals surface area (Å²) in [4.78, 5) is 12.7. The zero-order chi connectivity index (χ0) is 24.7. The fourth-order valence-corrected chi connectivity index (χ4v) is 4.67. The van der Waals surface area contributed by atoms with E-state index in [0.717, 1.165) is 29.8 Å². The van der Waals surface area contributed by atoms with Gasteiger partial charge in [0.25, 0.3) is 0 Å². The first-order chi connectivity index (χ1) is 16.2. The lowest BCUT2D eigenvalue weighted by Crippen LogP contribution is -2.34. The molecule has 3 rings (SSSR count). The smallest absolute Gasteiger partial charge is 0.241 e. The number of benzene rings is 3. The molecule has 180 valence electrons. The number of para-hydroxylation sites is 1. The van der Waals surface area contributed by atoms with Crippen LogP contribution in [0.1, 0.15) is 23.6 Å². The van der Waals surface area contributed by atoms with Gasteiger partial charge in [-0.25, -0.2) is 17.5 Å². The summed E-state index contributed by atoms with van der Waals surface area (Å²) < 4.78 is 52.7. The van der Waals surface area contributed by atoms with Crippen molar-refractivity contribution in [3.05, 3.63) is 88.7 Å². The molecule has 0 radical (unpaired) electrons. The molecule has 0 aliphatic rings. The van der Waals surface area contributed by atoms with Crippen molar-refractivity contribution in [1.82, 2.24) is 10.0 Å². The lowest BCUT2D eigenvalue weighted by molar-refractivity contribution is -0.121. The normalized spacial score (nSPS) is 12.1. The Balaban J connectivity index is 1.88. The summed E-state index contributed by atoms with van der Waals surface area (Å²) in [5.74, 6) is -0.284. The summed E-state index contributed by atoms with van der Waals surface area (Å²) in [6, 6.07) is 15.4. The van der Waals surface area contributed by atoms with Gasteiger partial charge in [-0.3, -0.25) is 4.79 Å². The largest absolute Gasteiger partial charge is 0.493 e. The standard InChI is InChI=1S/C24H24ClFN2O5S/c1-32-22-5-3-4-20(24(22)33-2)21(28-34(30,31)19-12-10-18(26)11-13-19)14-23(29)27-15-16-6-8-17(25)9-7-16/h3-13,21,28H,14-15H2,1-2H3,(H,27,29). The minimum atomic E-state index is -4.09. The van der Waals surface area contributed by atoms with E-state index in [4.69, 9.17) is 21.1 Å². The van der Waals surface area contributed by atoms with Gasteiger partial charge in [0.1, 0.15) is 5.82 Å². The summed E-state index contributed by atoms with van der Waals surface area (Å²) >= 11 is 5.89. The summed E-state index contributed by atoms with van der Waals surface area (Å²) in [5, 5.41) is 3.36. The number of hydrogen-bond donors (Lipinski definition) is 2. The zero-order valence-electron chi connectivity index (χ0n) is 18.5. The average Bonchev–Trinajstić information content (AvgIpc) is 2.82. The quantitative estimate of drug-likeness (QED) is 0.429. The van der Waals surface area contributed by atoms with Gasteiger partial charge in [-0.2, -0.15) is 0 Å². The molecule has 7 nitrogen and oxygen atoms in total. The van der Waals surface area contributed by atoms with Crippen molar-refractivity contribution in [2.75, 3.05) is 14.2 Å². The fraction of sp³-hybridized carbons (Fsp3) is 0.208. The molecule has 0 aliphatic heterocycles. The summed E-state index contributed by atoms with van der Waals surface area (Å²) in [7, 11) is -1.21. The Hall–Kier alpha value is -3.14. The number of hydrogen-bond acceptors (Lipinski definition) is 5. The highest BCUT2D eigenvalue weighted by Gasteiger charge is 2.27. The highest BCUT2D eigenvalue weighted by atomic mass is 35.5. The molecular weight excluding hydrogens is 483 g/mol. The molecule has 0 fully saturated rings. The molecule has 1 atom stereocenters. The second kappa shape index (κ2) is 11.3. The molecule has 0 spiro atoms. The zero-order valence-corrected chi connectivity index (χ0v) is 20.1. The molecule has 3 aromatic rings. The lowest BCUT2D eigenvalue weighted by Gasteiger charge is -2.22. The average molecular weight is 507 g/mol. The van der Waals surface area contributed by atoms with Crippen molar-refractivity contribution in [3.8, 4) is 11.5 Å². The van der Waals surface area contributed by atoms with Crippen LogP contribution in [0.2, 0.25) is 5.02 Å². The van der Waals surface area contributed by atoms with Crippen LogP contribution < -0.4 is 19.5 Å². The van der Waals surface area contributed by atoms with Gasteiger partial charge >= 0.3 is 0 Å². The van der Waals surface area contributed by atoms with Gasteiger partial charge in [0.05, 0.1) is 25.2 Å². The van der Waals surface area contributed by atoms with Gasteiger partial charge in [-0.05, 0) is 48.0 Å². The summed E-state index contributed by atoms with van der Waals surface area (Å²) in [5.41, 5.74) is 1.24. The molecular formula is C24H24ClFN2O5S. The number of methoxy groups -OCH3 is 2. The van der Waals surface area contributed by atoms with E-state index in [1.165, 1.54) is 14.2 Å². The van der Waals surface area contributed by atoms with E-state index >= 15 is 0 Å². The summed E-state index contributed by atoms with van der Waals surface area (Å²) in [6.07, 6.45) is -0.225. The number of amides is 1. The maximum atomic E-state index is 13.3. The molecule has 0 saturated heterocycles. The molecule has 10 heteroatoms. The van der Waals surface area contributed by atoms with Crippen LogP contribution >= 0.6 is 11.6 Å². The van der Waals surface area contributed by atoms with Crippen LogP contribution in [0.25, 0.3) is 0 Å². The number of ether oxygens (including phenoxy) is 2. The van der Waals surface area contributed by atoms with Crippen LogP contribution in [0.3, 0.4) is 0 Å². The number of carbonyl (C=O) groups is 1. The van der Waals surface area contributed by atoms with Crippen molar-refractivity contribution >= 4 is 27.5 Å². The Bertz CT molecular complexity index is 1240. The van der Waals surface area contributed by atoms with E-state index in [0.29, 0.717) is 22.1 Å². The van der Waals surface area contributed by atoms with E-state index < -0.39 is 27.8 Å². The Morgan fingerprint density at radius 2 is 1.68 bits per heavy atom. The van der Waals surface area contributed by atoms with Crippen LogP contribution in [0.15, 0.2) is 71.6 Å². The molecule has 34 heavy (non-hydrogen) atoms. The number of carbonyl (C=O) groups excluding carboxylic acids is 1. The van der Waals surface area contributed by atoms with E-state index in [1.807, 2.05) is 0 Å². The molecule has 0 bridgehead atoms. The van der Waals surface area contributed by atoms with E-state index in [-0.39, 0.29) is 17.9 Å². The number of halogens is 2. The van der Waals surface area contributed by atoms with Crippen molar-refractivity contribution in [3.63, 3.8) is 0 Å². The third-order valence-electron chi connectivity index (χ3n) is 5.02. The Morgan fingerprint density at radius 3 is 2.29 bits per heavy atom. The third-order valence-corrected chi connectivity index (χ3v) is 6.76. The highest BCUT2D eigenvalue weighted by Crippen LogP contribution is 2.36. The molecule has 0 heterocycles. The van der Waals surface area contributed by atoms with E-state index in [2.05, 4.69) is 10.0 Å². The van der Waals surface area contributed by atoms with Gasteiger partial charge in [-0.15, -0.1) is 0 Å². The molecule has 0 saturated carbocycles. The predicted octanol–water partition coefficient (Wildman–Crippen LogP) is 4.22. The van der Waals surface area contributed by atoms with Gasteiger partial charge in [0, 0.05) is 23.6 Å². The monoisotopic (exact) mass is 506 g/mol. The van der Waals surface area contributed by atoms with Crippen LogP contribution in [0, 0.1) is 5.82 Å². The second-order valence-corrected chi connectivity index (χ2v) is 9.47. The van der Waals surface area contributed by atoms with Crippen molar-refractivity contribution < 1.29 is 27.1 Å². The van der Waals surface area contributed by atoms with Crippen molar-refractivity contribution in [2.24, 2.45) is 0 Å². The van der Waals surface area contributed by atoms with Crippen LogP contribution in [0.4, 0.5) is 4.39 Å². The van der Waals surface area contributed by atoms with Crippen LogP contribution in [-0.4, -0.2) is 28.5 Å². The Kier molecular flexibility index (Phi) is 8.49. The Morgan fingerprint density at radius 1 is 1.00 bits per heavy atom. The maximum Gasteiger partial charge on any atom is 0.241 e. The second-order valence-electron chi connectivity index (χ2n) is 7.32. The van der Waals surface area contributed by atoms with E-state index in [1.54, 1.807) is 42.5 Å². The molecule has 0 aromatic heterocycles. The molecule has 0 aliphatic carbocycles. The van der Waals surface area contributed by atoms with Gasteiger partial charge in [0.15, 0.2) is 11.5 Å². The van der Waals surface area contributed by atoms with E-state index in [9.17, 15) is 17.6 Å². The van der Waals surface area contributed by atoms with Crippen LogP contribution in [0.5, 0.6) is 11.5 Å². The minimum absolute atomic E-state index is 0.137. The van der Waals surface area contributed by atoms with Crippen molar-refractivity contribution in [2.45, 2.75) is 23.9 Å². The topological polar surface area (TPSA) is 93.7 Å². The summed E-state index contributed by atoms with van der Waals surface area (Å²) in [6.45, 7) is 0.239. The molecule has 2 N–H and O–H groups in total. The first-order valence-corrected chi connectivity index (χ1v) is 12.1. The lowest BCUT2D eigenvalue weighted by atomic mass is 10.0. The van der Waals surface area contributed by atoms with Gasteiger partial charge < -0.3 is 14.8 Å². The maximum absolute atomic E-state index is 13.3. The molecule has 1 unspecified atom stereocenters. The van der Waals surface area contributed by atoms with Crippen molar-refractivity contribution in [1.29, 1.82) is 0 Å². The predicted molar refractivity (Wildman–Crippen MR) is 127 cm³/mol. The van der Waals surface area contributed by atoms with Gasteiger partial charge in [0.2, 0.25) is 15.9 Å². The first-order valence-electron chi connectivity index (χ1n) is 10.2.